The van der Waals surface area contributed by atoms with Crippen molar-refractivity contribution in [1.29, 1.82) is 0 Å². The van der Waals surface area contributed by atoms with E-state index >= 15 is 0 Å². The molecule has 0 unspecified atom stereocenters. The van der Waals surface area contributed by atoms with Gasteiger partial charge in [-0.2, -0.15) is 4.31 Å². The molecular formula is C24H21BrCl2N2O3S. The highest BCUT2D eigenvalue weighted by molar-refractivity contribution is 9.10. The summed E-state index contributed by atoms with van der Waals surface area (Å²) in [5, 5.41) is 0.699. The van der Waals surface area contributed by atoms with Crippen LogP contribution in [-0.2, 0) is 27.8 Å². The maximum atomic E-state index is 13.6. The van der Waals surface area contributed by atoms with Gasteiger partial charge in [-0.3, -0.25) is 4.79 Å². The van der Waals surface area contributed by atoms with Gasteiger partial charge in [0.2, 0.25) is 15.9 Å². The van der Waals surface area contributed by atoms with Gasteiger partial charge in [-0.15, -0.1) is 0 Å². The molecular weight excluding hydrogens is 547 g/mol. The summed E-state index contributed by atoms with van der Waals surface area (Å²) < 4.78 is 29.1. The van der Waals surface area contributed by atoms with E-state index in [9.17, 15) is 13.2 Å². The normalized spacial score (nSPS) is 15.7. The molecule has 9 heteroatoms. The first-order chi connectivity index (χ1) is 15.7. The van der Waals surface area contributed by atoms with Gasteiger partial charge in [-0.05, 0) is 66.9 Å². The lowest BCUT2D eigenvalue weighted by atomic mass is 10.1. The van der Waals surface area contributed by atoms with Crippen molar-refractivity contribution < 1.29 is 13.2 Å². The van der Waals surface area contributed by atoms with Crippen LogP contribution in [0.3, 0.4) is 0 Å². The van der Waals surface area contributed by atoms with Crippen molar-refractivity contribution in [2.24, 2.45) is 0 Å². The average molecular weight is 568 g/mol. The predicted octanol–water partition coefficient (Wildman–Crippen LogP) is 5.92. The zero-order chi connectivity index (χ0) is 23.8. The van der Waals surface area contributed by atoms with Gasteiger partial charge in [0.15, 0.2) is 0 Å². The van der Waals surface area contributed by atoms with Crippen molar-refractivity contribution in [1.82, 2.24) is 4.31 Å². The van der Waals surface area contributed by atoms with Crippen molar-refractivity contribution in [3.63, 3.8) is 0 Å². The fourth-order valence-electron chi connectivity index (χ4n) is 4.00. The monoisotopic (exact) mass is 566 g/mol. The van der Waals surface area contributed by atoms with Crippen LogP contribution in [0.25, 0.3) is 0 Å². The Morgan fingerprint density at radius 2 is 1.76 bits per heavy atom. The van der Waals surface area contributed by atoms with Gasteiger partial charge in [0.1, 0.15) is 0 Å². The van der Waals surface area contributed by atoms with E-state index in [1.54, 1.807) is 35.2 Å². The lowest BCUT2D eigenvalue weighted by molar-refractivity contribution is -0.119. The molecule has 0 N–H and O–H groups in total. The second-order valence-corrected chi connectivity index (χ2v) is 11.6. The number of fused-ring (bicyclic) bond motifs is 1. The molecule has 172 valence electrons. The molecule has 1 aliphatic heterocycles. The van der Waals surface area contributed by atoms with Crippen LogP contribution in [0, 0.1) is 0 Å². The van der Waals surface area contributed by atoms with Crippen LogP contribution in [0.4, 0.5) is 5.69 Å². The largest absolute Gasteiger partial charge is 0.308 e. The van der Waals surface area contributed by atoms with Crippen LogP contribution >= 0.6 is 39.1 Å². The summed E-state index contributed by atoms with van der Waals surface area (Å²) in [6.07, 6.45) is 0.730. The van der Waals surface area contributed by atoms with E-state index in [4.69, 9.17) is 23.2 Å². The number of rotatable bonds is 6. The van der Waals surface area contributed by atoms with Gasteiger partial charge < -0.3 is 4.90 Å². The average Bonchev–Trinajstić information content (AvgIpc) is 3.11. The van der Waals surface area contributed by atoms with E-state index in [0.717, 1.165) is 22.1 Å². The van der Waals surface area contributed by atoms with Gasteiger partial charge in [0.25, 0.3) is 0 Å². The summed E-state index contributed by atoms with van der Waals surface area (Å²) in [7, 11) is -3.97. The summed E-state index contributed by atoms with van der Waals surface area (Å²) in [6, 6.07) is 18.9. The second kappa shape index (κ2) is 9.76. The molecule has 0 fully saturated rings. The molecule has 1 heterocycles. The molecule has 1 atom stereocenters. The minimum absolute atomic E-state index is 0.0229. The number of carbonyl (C=O) groups is 1. The molecule has 0 bridgehead atoms. The number of para-hydroxylation sites is 1. The number of hydrogen-bond donors (Lipinski definition) is 0. The summed E-state index contributed by atoms with van der Waals surface area (Å²) in [5.41, 5.74) is 2.53. The van der Waals surface area contributed by atoms with Crippen LogP contribution in [0.15, 0.2) is 76.1 Å². The van der Waals surface area contributed by atoms with Crippen LogP contribution < -0.4 is 4.90 Å². The van der Waals surface area contributed by atoms with Gasteiger partial charge in [-0.1, -0.05) is 63.4 Å². The molecule has 0 radical (unpaired) electrons. The topological polar surface area (TPSA) is 57.7 Å². The third kappa shape index (κ3) is 5.12. The lowest BCUT2D eigenvalue weighted by Crippen LogP contribution is -2.44. The Labute approximate surface area is 212 Å². The Kier molecular flexibility index (Phi) is 7.17. The van der Waals surface area contributed by atoms with Crippen LogP contribution in [0.2, 0.25) is 10.0 Å². The van der Waals surface area contributed by atoms with E-state index in [1.807, 2.05) is 31.2 Å². The van der Waals surface area contributed by atoms with Crippen molar-refractivity contribution in [3.05, 3.63) is 92.4 Å². The fourth-order valence-corrected chi connectivity index (χ4v) is 5.96. The quantitative estimate of drug-likeness (QED) is 0.371. The number of anilines is 1. The minimum atomic E-state index is -3.97. The van der Waals surface area contributed by atoms with E-state index in [0.29, 0.717) is 15.6 Å². The molecule has 1 amide bonds. The minimum Gasteiger partial charge on any atom is -0.308 e. The number of hydrogen-bond acceptors (Lipinski definition) is 3. The lowest BCUT2D eigenvalue weighted by Gasteiger charge is -2.27. The second-order valence-electron chi connectivity index (χ2n) is 7.92. The van der Waals surface area contributed by atoms with Gasteiger partial charge in [0, 0.05) is 22.7 Å². The van der Waals surface area contributed by atoms with Crippen molar-refractivity contribution in [3.8, 4) is 0 Å². The molecule has 0 saturated carbocycles. The van der Waals surface area contributed by atoms with E-state index in [2.05, 4.69) is 15.9 Å². The molecule has 0 aliphatic carbocycles. The molecule has 3 aromatic carbocycles. The Balaban J connectivity index is 1.68. The molecule has 5 nitrogen and oxygen atoms in total. The van der Waals surface area contributed by atoms with E-state index in [1.165, 1.54) is 16.4 Å². The summed E-state index contributed by atoms with van der Waals surface area (Å²) in [4.78, 5) is 15.2. The Morgan fingerprint density at radius 3 is 2.45 bits per heavy atom. The SMILES string of the molecule is C[C@@H]1Cc2ccccc2N1C(=O)CN(Cc1ccc(Cl)c(Cl)c1)S(=O)(=O)c1ccc(Br)cc1. The fraction of sp³-hybridized carbons (Fsp3) is 0.208. The number of carbonyl (C=O) groups excluding carboxylic acids is 1. The highest BCUT2D eigenvalue weighted by Gasteiger charge is 2.34. The number of sulfonamides is 1. The molecule has 33 heavy (non-hydrogen) atoms. The summed E-state index contributed by atoms with van der Waals surface area (Å²) in [6.45, 7) is 1.63. The van der Waals surface area contributed by atoms with Crippen LogP contribution in [0.1, 0.15) is 18.1 Å². The first-order valence-electron chi connectivity index (χ1n) is 10.3. The standard InChI is InChI=1S/C24H21BrCl2N2O3S/c1-16-12-18-4-2-3-5-23(18)29(16)24(30)15-28(14-17-6-11-21(26)22(27)13-17)33(31,32)20-9-7-19(25)8-10-20/h2-11,13,16H,12,14-15H2,1H3/t16-/m1/s1. The van der Waals surface area contributed by atoms with E-state index in [-0.39, 0.29) is 29.9 Å². The zero-order valence-corrected chi connectivity index (χ0v) is 21.6. The molecule has 0 aromatic heterocycles. The summed E-state index contributed by atoms with van der Waals surface area (Å²) in [5.74, 6) is -0.284. The van der Waals surface area contributed by atoms with Gasteiger partial charge in [-0.25, -0.2) is 8.42 Å². The number of benzene rings is 3. The maximum absolute atomic E-state index is 13.6. The zero-order valence-electron chi connectivity index (χ0n) is 17.7. The first kappa shape index (κ1) is 24.2. The number of halogens is 3. The Bertz CT molecular complexity index is 1300. The van der Waals surface area contributed by atoms with Crippen molar-refractivity contribution in [2.75, 3.05) is 11.4 Å². The summed E-state index contributed by atoms with van der Waals surface area (Å²) >= 11 is 15.5. The highest BCUT2D eigenvalue weighted by Crippen LogP contribution is 2.32. The molecule has 3 aromatic rings. The first-order valence-corrected chi connectivity index (χ1v) is 13.3. The third-order valence-corrected chi connectivity index (χ3v) is 8.66. The molecule has 1 aliphatic rings. The van der Waals surface area contributed by atoms with Crippen molar-refractivity contribution >= 4 is 60.7 Å². The smallest absolute Gasteiger partial charge is 0.243 e. The van der Waals surface area contributed by atoms with Gasteiger partial charge >= 0.3 is 0 Å². The Hall–Kier alpha value is -1.90. The Morgan fingerprint density at radius 1 is 1.06 bits per heavy atom. The molecule has 0 saturated heterocycles. The number of amides is 1. The highest BCUT2D eigenvalue weighted by atomic mass is 79.9. The van der Waals surface area contributed by atoms with Crippen molar-refractivity contribution in [2.45, 2.75) is 30.8 Å². The van der Waals surface area contributed by atoms with Gasteiger partial charge in [0.05, 0.1) is 21.5 Å². The predicted molar refractivity (Wildman–Crippen MR) is 135 cm³/mol. The maximum Gasteiger partial charge on any atom is 0.243 e. The molecule has 0 spiro atoms. The van der Waals surface area contributed by atoms with E-state index < -0.39 is 10.0 Å². The van der Waals surface area contributed by atoms with Crippen LogP contribution in [0.5, 0.6) is 0 Å². The number of nitrogens with zero attached hydrogens (tertiary/aromatic N) is 2. The third-order valence-electron chi connectivity index (χ3n) is 5.58. The molecule has 4 rings (SSSR count). The van der Waals surface area contributed by atoms with Crippen LogP contribution in [-0.4, -0.2) is 31.2 Å².